The number of benzene rings is 2. The molecule has 3 rings (SSSR count). The molecule has 0 atom stereocenters. The molecule has 0 saturated carbocycles. The minimum absolute atomic E-state index is 0.0852. The second-order valence-corrected chi connectivity index (χ2v) is 5.88. The lowest BCUT2D eigenvalue weighted by molar-refractivity contribution is 0.0970. The van der Waals surface area contributed by atoms with E-state index in [2.05, 4.69) is 4.98 Å². The van der Waals surface area contributed by atoms with Gasteiger partial charge in [0.05, 0.1) is 37.4 Å². The minimum atomic E-state index is -0.155. The van der Waals surface area contributed by atoms with Crippen LogP contribution in [0, 0.1) is 4.77 Å². The van der Waals surface area contributed by atoms with Gasteiger partial charge in [0.25, 0.3) is 0 Å². The third-order valence-corrected chi connectivity index (χ3v) is 4.45. The standard InChI is InChI=1S/C17H15ClN2O3S/c1-22-14-8-7-10(16(23-2)15(14)18)13(21)9-20-12-6-4-3-5-11(12)19-17(20)24/h3-8H,9H2,1-2H3,(H,19,24). The van der Waals surface area contributed by atoms with E-state index in [1.54, 1.807) is 16.7 Å². The summed E-state index contributed by atoms with van der Waals surface area (Å²) in [4.78, 5) is 15.9. The number of para-hydroxylation sites is 2. The molecule has 2 aromatic carbocycles. The quantitative estimate of drug-likeness (QED) is 0.544. The molecule has 0 aliphatic carbocycles. The first-order chi connectivity index (χ1) is 11.6. The van der Waals surface area contributed by atoms with Crippen LogP contribution >= 0.6 is 23.8 Å². The van der Waals surface area contributed by atoms with Crippen LogP contribution in [0.2, 0.25) is 5.02 Å². The molecule has 0 unspecified atom stereocenters. The van der Waals surface area contributed by atoms with Crippen LogP contribution < -0.4 is 9.47 Å². The highest BCUT2D eigenvalue weighted by Crippen LogP contribution is 2.37. The van der Waals surface area contributed by atoms with Gasteiger partial charge >= 0.3 is 0 Å². The Kier molecular flexibility index (Phi) is 4.59. The Labute approximate surface area is 148 Å². The van der Waals surface area contributed by atoms with Gasteiger partial charge in [-0.05, 0) is 36.5 Å². The molecule has 0 radical (unpaired) electrons. The average molecular weight is 363 g/mol. The normalized spacial score (nSPS) is 10.8. The number of ketones is 1. The fourth-order valence-electron chi connectivity index (χ4n) is 2.61. The lowest BCUT2D eigenvalue weighted by Gasteiger charge is -2.13. The van der Waals surface area contributed by atoms with Crippen LogP contribution in [-0.4, -0.2) is 29.6 Å². The van der Waals surface area contributed by atoms with Crippen LogP contribution in [-0.2, 0) is 6.54 Å². The number of ether oxygens (including phenoxy) is 2. The Balaban J connectivity index is 2.02. The first kappa shape index (κ1) is 16.5. The number of H-pyrrole nitrogens is 1. The molecule has 0 amide bonds. The number of hydrogen-bond acceptors (Lipinski definition) is 4. The second kappa shape index (κ2) is 6.67. The summed E-state index contributed by atoms with van der Waals surface area (Å²) in [6, 6.07) is 10.9. The van der Waals surface area contributed by atoms with E-state index in [0.717, 1.165) is 11.0 Å². The molecule has 7 heteroatoms. The van der Waals surface area contributed by atoms with Gasteiger partial charge in [-0.15, -0.1) is 0 Å². The van der Waals surface area contributed by atoms with Gasteiger partial charge in [0, 0.05) is 0 Å². The highest BCUT2D eigenvalue weighted by atomic mass is 35.5. The third-order valence-electron chi connectivity index (χ3n) is 3.77. The number of carbonyl (C=O) groups is 1. The van der Waals surface area contributed by atoms with Gasteiger partial charge in [0.15, 0.2) is 16.3 Å². The van der Waals surface area contributed by atoms with Gasteiger partial charge in [-0.3, -0.25) is 4.79 Å². The average Bonchev–Trinajstić information content (AvgIpc) is 2.90. The number of halogens is 1. The van der Waals surface area contributed by atoms with E-state index in [-0.39, 0.29) is 17.4 Å². The van der Waals surface area contributed by atoms with Crippen molar-refractivity contribution in [2.75, 3.05) is 14.2 Å². The van der Waals surface area contributed by atoms with Crippen molar-refractivity contribution in [3.8, 4) is 11.5 Å². The van der Waals surface area contributed by atoms with Crippen LogP contribution in [0.1, 0.15) is 10.4 Å². The second-order valence-electron chi connectivity index (χ2n) is 5.12. The smallest absolute Gasteiger partial charge is 0.186 e. The maximum absolute atomic E-state index is 12.8. The van der Waals surface area contributed by atoms with E-state index in [4.69, 9.17) is 33.3 Å². The molecule has 1 N–H and O–H groups in total. The Morgan fingerprint density at radius 2 is 1.96 bits per heavy atom. The van der Waals surface area contributed by atoms with Crippen LogP contribution in [0.25, 0.3) is 11.0 Å². The summed E-state index contributed by atoms with van der Waals surface area (Å²) in [7, 11) is 2.97. The zero-order valence-electron chi connectivity index (χ0n) is 13.1. The van der Waals surface area contributed by atoms with E-state index in [1.165, 1.54) is 14.2 Å². The first-order valence-corrected chi connectivity index (χ1v) is 7.96. The minimum Gasteiger partial charge on any atom is -0.495 e. The van der Waals surface area contributed by atoms with Crippen molar-refractivity contribution in [3.63, 3.8) is 0 Å². The molecule has 0 aliphatic rings. The molecule has 5 nitrogen and oxygen atoms in total. The van der Waals surface area contributed by atoms with Crippen molar-refractivity contribution < 1.29 is 14.3 Å². The van der Waals surface area contributed by atoms with E-state index in [1.807, 2.05) is 24.3 Å². The summed E-state index contributed by atoms with van der Waals surface area (Å²) in [5, 5.41) is 0.272. The van der Waals surface area contributed by atoms with Gasteiger partial charge in [-0.2, -0.15) is 0 Å². The van der Waals surface area contributed by atoms with Gasteiger partial charge in [-0.1, -0.05) is 23.7 Å². The molecule has 0 spiro atoms. The molecular formula is C17H15ClN2O3S. The predicted molar refractivity (Wildman–Crippen MR) is 96.0 cm³/mol. The molecule has 0 saturated heterocycles. The SMILES string of the molecule is COc1ccc(C(=O)Cn2c(=S)[nH]c3ccccc32)c(OC)c1Cl. The maximum Gasteiger partial charge on any atom is 0.186 e. The lowest BCUT2D eigenvalue weighted by atomic mass is 10.1. The summed E-state index contributed by atoms with van der Waals surface area (Å²) < 4.78 is 12.7. The summed E-state index contributed by atoms with van der Waals surface area (Å²) in [6.45, 7) is 0.0852. The number of fused-ring (bicyclic) bond motifs is 1. The number of methoxy groups -OCH3 is 2. The number of imidazole rings is 1. The summed E-state index contributed by atoms with van der Waals surface area (Å²) >= 11 is 11.6. The molecule has 0 aliphatic heterocycles. The number of aromatic amines is 1. The number of hydrogen-bond donors (Lipinski definition) is 1. The Morgan fingerprint density at radius 1 is 1.21 bits per heavy atom. The number of nitrogens with one attached hydrogen (secondary N) is 1. The Bertz CT molecular complexity index is 978. The largest absolute Gasteiger partial charge is 0.495 e. The van der Waals surface area contributed by atoms with E-state index in [0.29, 0.717) is 21.8 Å². The van der Waals surface area contributed by atoms with Crippen molar-refractivity contribution in [1.29, 1.82) is 0 Å². The third kappa shape index (κ3) is 2.79. The fourth-order valence-corrected chi connectivity index (χ4v) is 3.20. The fraction of sp³-hybridized carbons (Fsp3) is 0.176. The van der Waals surface area contributed by atoms with Crippen molar-refractivity contribution >= 4 is 40.6 Å². The number of nitrogens with zero attached hydrogens (tertiary/aromatic N) is 1. The first-order valence-electron chi connectivity index (χ1n) is 7.18. The molecule has 0 fully saturated rings. The van der Waals surface area contributed by atoms with Gasteiger partial charge in [0.2, 0.25) is 0 Å². The zero-order chi connectivity index (χ0) is 17.3. The van der Waals surface area contributed by atoms with Crippen molar-refractivity contribution in [2.24, 2.45) is 0 Å². The Morgan fingerprint density at radius 3 is 2.67 bits per heavy atom. The topological polar surface area (TPSA) is 56.2 Å². The van der Waals surface area contributed by atoms with Crippen molar-refractivity contribution in [2.45, 2.75) is 6.54 Å². The van der Waals surface area contributed by atoms with E-state index >= 15 is 0 Å². The van der Waals surface area contributed by atoms with Gasteiger partial charge in [-0.25, -0.2) is 0 Å². The predicted octanol–water partition coefficient (Wildman–Crippen LogP) is 4.25. The van der Waals surface area contributed by atoms with Crippen molar-refractivity contribution in [1.82, 2.24) is 9.55 Å². The van der Waals surface area contributed by atoms with E-state index in [9.17, 15) is 4.79 Å². The number of rotatable bonds is 5. The molecule has 1 heterocycles. The van der Waals surface area contributed by atoms with Crippen LogP contribution in [0.5, 0.6) is 11.5 Å². The summed E-state index contributed by atoms with van der Waals surface area (Å²) in [6.07, 6.45) is 0. The molecule has 124 valence electrons. The molecule has 1 aromatic heterocycles. The monoisotopic (exact) mass is 362 g/mol. The van der Waals surface area contributed by atoms with E-state index < -0.39 is 0 Å². The summed E-state index contributed by atoms with van der Waals surface area (Å²) in [5.41, 5.74) is 2.14. The number of aromatic nitrogens is 2. The Hall–Kier alpha value is -2.31. The van der Waals surface area contributed by atoms with Crippen molar-refractivity contribution in [3.05, 3.63) is 51.8 Å². The molecule has 0 bridgehead atoms. The molecule has 24 heavy (non-hydrogen) atoms. The van der Waals surface area contributed by atoms with Gasteiger partial charge < -0.3 is 19.0 Å². The summed E-state index contributed by atoms with van der Waals surface area (Å²) in [5.74, 6) is 0.596. The number of carbonyl (C=O) groups excluding carboxylic acids is 1. The van der Waals surface area contributed by atoms with Crippen LogP contribution in [0.4, 0.5) is 0 Å². The molecular weight excluding hydrogens is 348 g/mol. The maximum atomic E-state index is 12.8. The zero-order valence-corrected chi connectivity index (χ0v) is 14.7. The highest BCUT2D eigenvalue weighted by molar-refractivity contribution is 7.71. The highest BCUT2D eigenvalue weighted by Gasteiger charge is 2.19. The van der Waals surface area contributed by atoms with Gasteiger partial charge in [0.1, 0.15) is 10.8 Å². The molecule has 3 aromatic rings. The van der Waals surface area contributed by atoms with Crippen LogP contribution in [0.3, 0.4) is 0 Å². The number of Topliss-reactive ketones (excluding diaryl/α,β-unsaturated/α-hetero) is 1. The lowest BCUT2D eigenvalue weighted by Crippen LogP contribution is -2.12. The van der Waals surface area contributed by atoms with Crippen LogP contribution in [0.15, 0.2) is 36.4 Å².